The molecule has 0 saturated carbocycles. The second-order valence-electron chi connectivity index (χ2n) is 3.62. The molecule has 2 aliphatic heterocycles. The van der Waals surface area contributed by atoms with Crippen molar-refractivity contribution in [2.75, 3.05) is 39.5 Å². The number of hydrogen-bond donors (Lipinski definition) is 1. The number of hydrazine groups is 1. The standard InChI is InChI=1S/C9H18N2O2/c1-5-12-6-2-9(1)10-11-3-7-13-8-4-11/h9-10H,1-8H2. The molecule has 0 aromatic carbocycles. The Morgan fingerprint density at radius 3 is 2.23 bits per heavy atom. The molecule has 2 heterocycles. The summed E-state index contributed by atoms with van der Waals surface area (Å²) in [5.41, 5.74) is 3.53. The Morgan fingerprint density at radius 2 is 1.54 bits per heavy atom. The van der Waals surface area contributed by atoms with E-state index < -0.39 is 0 Å². The highest BCUT2D eigenvalue weighted by Gasteiger charge is 2.17. The predicted octanol–water partition coefficient (Wildman–Crippen LogP) is 0.00220. The van der Waals surface area contributed by atoms with Crippen molar-refractivity contribution >= 4 is 0 Å². The fourth-order valence-electron chi connectivity index (χ4n) is 1.78. The molecule has 76 valence electrons. The van der Waals surface area contributed by atoms with Crippen molar-refractivity contribution in [3.8, 4) is 0 Å². The zero-order valence-corrected chi connectivity index (χ0v) is 8.00. The molecule has 2 rings (SSSR count). The summed E-state index contributed by atoms with van der Waals surface area (Å²) < 4.78 is 10.6. The number of ether oxygens (including phenoxy) is 2. The van der Waals surface area contributed by atoms with Gasteiger partial charge in [0.1, 0.15) is 0 Å². The Balaban J connectivity index is 1.69. The van der Waals surface area contributed by atoms with Crippen LogP contribution in [0.4, 0.5) is 0 Å². The first-order chi connectivity index (χ1) is 6.45. The van der Waals surface area contributed by atoms with Crippen LogP contribution in [0.15, 0.2) is 0 Å². The average molecular weight is 186 g/mol. The van der Waals surface area contributed by atoms with Gasteiger partial charge in [-0.2, -0.15) is 0 Å². The van der Waals surface area contributed by atoms with Gasteiger partial charge in [0.25, 0.3) is 0 Å². The first kappa shape index (κ1) is 9.40. The van der Waals surface area contributed by atoms with Gasteiger partial charge in [0, 0.05) is 32.3 Å². The third kappa shape index (κ3) is 2.91. The van der Waals surface area contributed by atoms with E-state index in [1.54, 1.807) is 0 Å². The van der Waals surface area contributed by atoms with Gasteiger partial charge in [-0.1, -0.05) is 0 Å². The molecule has 1 N–H and O–H groups in total. The smallest absolute Gasteiger partial charge is 0.0608 e. The van der Waals surface area contributed by atoms with Gasteiger partial charge in [-0.3, -0.25) is 5.43 Å². The van der Waals surface area contributed by atoms with Gasteiger partial charge in [0.15, 0.2) is 0 Å². The van der Waals surface area contributed by atoms with Crippen LogP contribution in [-0.4, -0.2) is 50.6 Å². The van der Waals surface area contributed by atoms with Crippen LogP contribution < -0.4 is 5.43 Å². The monoisotopic (exact) mass is 186 g/mol. The average Bonchev–Trinajstić information content (AvgIpc) is 2.21. The largest absolute Gasteiger partial charge is 0.381 e. The van der Waals surface area contributed by atoms with Crippen molar-refractivity contribution in [1.29, 1.82) is 0 Å². The van der Waals surface area contributed by atoms with E-state index in [1.807, 2.05) is 0 Å². The highest BCUT2D eigenvalue weighted by Crippen LogP contribution is 2.07. The van der Waals surface area contributed by atoms with E-state index in [1.165, 1.54) is 0 Å². The van der Waals surface area contributed by atoms with Crippen LogP contribution in [0.25, 0.3) is 0 Å². The van der Waals surface area contributed by atoms with Crippen LogP contribution in [0.2, 0.25) is 0 Å². The fourth-order valence-corrected chi connectivity index (χ4v) is 1.78. The molecule has 0 amide bonds. The Morgan fingerprint density at radius 1 is 0.923 bits per heavy atom. The minimum Gasteiger partial charge on any atom is -0.381 e. The third-order valence-corrected chi connectivity index (χ3v) is 2.60. The molecule has 2 saturated heterocycles. The van der Waals surface area contributed by atoms with Crippen molar-refractivity contribution in [2.45, 2.75) is 18.9 Å². The lowest BCUT2D eigenvalue weighted by Crippen LogP contribution is -2.51. The van der Waals surface area contributed by atoms with Gasteiger partial charge in [-0.15, -0.1) is 0 Å². The number of hydrogen-bond acceptors (Lipinski definition) is 4. The Hall–Kier alpha value is -0.160. The second kappa shape index (κ2) is 4.91. The molecule has 4 nitrogen and oxygen atoms in total. The van der Waals surface area contributed by atoms with E-state index in [0.29, 0.717) is 6.04 Å². The van der Waals surface area contributed by atoms with Crippen LogP contribution in [0.5, 0.6) is 0 Å². The highest BCUT2D eigenvalue weighted by molar-refractivity contribution is 4.70. The lowest BCUT2D eigenvalue weighted by atomic mass is 10.1. The van der Waals surface area contributed by atoms with E-state index in [4.69, 9.17) is 9.47 Å². The van der Waals surface area contributed by atoms with Crippen LogP contribution >= 0.6 is 0 Å². The molecule has 0 bridgehead atoms. The summed E-state index contributed by atoms with van der Waals surface area (Å²) in [6.45, 7) is 5.55. The van der Waals surface area contributed by atoms with E-state index >= 15 is 0 Å². The van der Waals surface area contributed by atoms with E-state index in [9.17, 15) is 0 Å². The summed E-state index contributed by atoms with van der Waals surface area (Å²) in [5, 5.41) is 2.28. The van der Waals surface area contributed by atoms with Crippen LogP contribution in [0.3, 0.4) is 0 Å². The molecule has 0 aromatic heterocycles. The number of nitrogens with one attached hydrogen (secondary N) is 1. The zero-order chi connectivity index (χ0) is 8.93. The molecule has 0 aliphatic carbocycles. The quantitative estimate of drug-likeness (QED) is 0.658. The van der Waals surface area contributed by atoms with Crippen molar-refractivity contribution < 1.29 is 9.47 Å². The van der Waals surface area contributed by atoms with Gasteiger partial charge in [0.05, 0.1) is 13.2 Å². The van der Waals surface area contributed by atoms with Gasteiger partial charge in [0.2, 0.25) is 0 Å². The van der Waals surface area contributed by atoms with Gasteiger partial charge >= 0.3 is 0 Å². The highest BCUT2D eigenvalue weighted by atomic mass is 16.5. The van der Waals surface area contributed by atoms with Crippen LogP contribution in [-0.2, 0) is 9.47 Å². The number of rotatable bonds is 2. The lowest BCUT2D eigenvalue weighted by Gasteiger charge is -2.33. The molecular formula is C9H18N2O2. The molecule has 2 fully saturated rings. The molecule has 2 aliphatic rings. The van der Waals surface area contributed by atoms with Crippen LogP contribution in [0.1, 0.15) is 12.8 Å². The minimum absolute atomic E-state index is 0.617. The molecule has 0 unspecified atom stereocenters. The Bertz CT molecular complexity index is 127. The summed E-state index contributed by atoms with van der Waals surface area (Å²) in [4.78, 5) is 0. The number of morpholine rings is 1. The van der Waals surface area contributed by atoms with E-state index in [2.05, 4.69) is 10.4 Å². The van der Waals surface area contributed by atoms with Crippen molar-refractivity contribution in [3.05, 3.63) is 0 Å². The molecule has 0 spiro atoms. The first-order valence-corrected chi connectivity index (χ1v) is 5.12. The second-order valence-corrected chi connectivity index (χ2v) is 3.62. The number of nitrogens with zero attached hydrogens (tertiary/aromatic N) is 1. The summed E-state index contributed by atoms with van der Waals surface area (Å²) in [5.74, 6) is 0. The first-order valence-electron chi connectivity index (χ1n) is 5.12. The predicted molar refractivity (Wildman–Crippen MR) is 49.4 cm³/mol. The fraction of sp³-hybridized carbons (Fsp3) is 1.00. The molecular weight excluding hydrogens is 168 g/mol. The van der Waals surface area contributed by atoms with Crippen LogP contribution in [0, 0.1) is 0 Å². The Labute approximate surface area is 79.2 Å². The maximum absolute atomic E-state index is 5.31. The normalized spacial score (nSPS) is 27.7. The van der Waals surface area contributed by atoms with Crippen molar-refractivity contribution in [3.63, 3.8) is 0 Å². The molecule has 4 heteroatoms. The minimum atomic E-state index is 0.617. The van der Waals surface area contributed by atoms with Gasteiger partial charge in [-0.25, -0.2) is 5.01 Å². The molecule has 13 heavy (non-hydrogen) atoms. The summed E-state index contributed by atoms with van der Waals surface area (Å²) in [6.07, 6.45) is 2.27. The van der Waals surface area contributed by atoms with Gasteiger partial charge in [-0.05, 0) is 12.8 Å². The zero-order valence-electron chi connectivity index (χ0n) is 8.00. The van der Waals surface area contributed by atoms with Gasteiger partial charge < -0.3 is 9.47 Å². The maximum atomic E-state index is 5.31. The topological polar surface area (TPSA) is 33.7 Å². The van der Waals surface area contributed by atoms with E-state index in [-0.39, 0.29) is 0 Å². The molecule has 0 radical (unpaired) electrons. The molecule has 0 atom stereocenters. The summed E-state index contributed by atoms with van der Waals surface area (Å²) in [6, 6.07) is 0.617. The maximum Gasteiger partial charge on any atom is 0.0608 e. The lowest BCUT2D eigenvalue weighted by molar-refractivity contribution is -0.0130. The molecule has 0 aromatic rings. The summed E-state index contributed by atoms with van der Waals surface area (Å²) >= 11 is 0. The van der Waals surface area contributed by atoms with E-state index in [0.717, 1.165) is 52.4 Å². The van der Waals surface area contributed by atoms with Crippen molar-refractivity contribution in [2.24, 2.45) is 0 Å². The summed E-state index contributed by atoms with van der Waals surface area (Å²) in [7, 11) is 0. The Kier molecular flexibility index (Phi) is 3.55. The SMILES string of the molecule is C1CC(NN2CCOCC2)CCO1. The van der Waals surface area contributed by atoms with Crippen molar-refractivity contribution in [1.82, 2.24) is 10.4 Å². The third-order valence-electron chi connectivity index (χ3n) is 2.60.